The first kappa shape index (κ1) is 25.6. The molecular weight excluding hydrogens is 532 g/mol. The molecule has 0 spiro atoms. The lowest BCUT2D eigenvalue weighted by Gasteiger charge is -2.22. The molecule has 0 aliphatic carbocycles. The third-order valence-electron chi connectivity index (χ3n) is 7.01. The molecule has 0 saturated carbocycles. The Balaban J connectivity index is 1.12. The quantitative estimate of drug-likeness (QED) is 0.195. The molecule has 0 radical (unpaired) electrons. The Labute approximate surface area is 235 Å². The molecule has 0 atom stereocenters. The summed E-state index contributed by atoms with van der Waals surface area (Å²) in [6, 6.07) is 15.6. The first-order valence-electron chi connectivity index (χ1n) is 13.1. The van der Waals surface area contributed by atoms with Crippen LogP contribution in [0.25, 0.3) is 21.1 Å². The predicted molar refractivity (Wildman–Crippen MR) is 157 cm³/mol. The number of nitrogens with one attached hydrogen (secondary N) is 3. The molecule has 1 aliphatic heterocycles. The Kier molecular flexibility index (Phi) is 7.62. The van der Waals surface area contributed by atoms with Gasteiger partial charge in [-0.2, -0.15) is 0 Å². The highest BCUT2D eigenvalue weighted by molar-refractivity contribution is 7.17. The number of carbonyl (C=O) groups is 1. The summed E-state index contributed by atoms with van der Waals surface area (Å²) in [5.41, 5.74) is 2.47. The number of carbonyl (C=O) groups excluding carboxylic acids is 1. The van der Waals surface area contributed by atoms with Gasteiger partial charge in [-0.25, -0.2) is 9.97 Å². The summed E-state index contributed by atoms with van der Waals surface area (Å²) in [5.74, 6) is 2.57. The molecule has 3 aromatic heterocycles. The summed E-state index contributed by atoms with van der Waals surface area (Å²) in [4.78, 5) is 21.3. The van der Waals surface area contributed by atoms with Gasteiger partial charge in [-0.15, -0.1) is 11.3 Å². The molecule has 39 heavy (non-hydrogen) atoms. The van der Waals surface area contributed by atoms with Gasteiger partial charge in [0.25, 0.3) is 0 Å². The molecule has 1 fully saturated rings. The van der Waals surface area contributed by atoms with Crippen LogP contribution in [0.1, 0.15) is 19.3 Å². The van der Waals surface area contributed by atoms with E-state index in [1.807, 2.05) is 48.7 Å². The number of nitrogens with zero attached hydrogens (tertiary/aromatic N) is 3. The van der Waals surface area contributed by atoms with Gasteiger partial charge >= 0.3 is 0 Å². The number of benzene rings is 2. The van der Waals surface area contributed by atoms with Gasteiger partial charge in [0.2, 0.25) is 5.91 Å². The number of piperidine rings is 1. The van der Waals surface area contributed by atoms with Crippen molar-refractivity contribution in [2.45, 2.75) is 25.8 Å². The maximum Gasteiger partial charge on any atom is 0.220 e. The van der Waals surface area contributed by atoms with Gasteiger partial charge in [0.15, 0.2) is 5.82 Å². The summed E-state index contributed by atoms with van der Waals surface area (Å²) in [5, 5.41) is 13.5. The maximum absolute atomic E-state index is 12.4. The molecule has 0 bridgehead atoms. The lowest BCUT2D eigenvalue weighted by atomic mass is 9.94. The number of anilines is 2. The van der Waals surface area contributed by atoms with Crippen molar-refractivity contribution in [1.82, 2.24) is 25.2 Å². The van der Waals surface area contributed by atoms with Crippen molar-refractivity contribution in [3.8, 4) is 11.5 Å². The van der Waals surface area contributed by atoms with Crippen LogP contribution in [0.4, 0.5) is 11.5 Å². The SMILES string of the molecule is O=C(CC1CCNCC1)NCCn1ccc2ncnc(Nc3ccc(Oc4ccc5ccsc5c4)c(Cl)c3)c21. The number of ether oxygens (including phenoxy) is 1. The molecule has 5 aromatic rings. The minimum absolute atomic E-state index is 0.111. The Morgan fingerprint density at radius 1 is 1.13 bits per heavy atom. The zero-order chi connectivity index (χ0) is 26.6. The van der Waals surface area contributed by atoms with E-state index in [9.17, 15) is 4.79 Å². The number of hydrogen-bond donors (Lipinski definition) is 3. The molecule has 0 unspecified atom stereocenters. The topological polar surface area (TPSA) is 93.1 Å². The average Bonchev–Trinajstić information content (AvgIpc) is 3.58. The summed E-state index contributed by atoms with van der Waals surface area (Å²) < 4.78 is 9.28. The van der Waals surface area contributed by atoms with Crippen molar-refractivity contribution in [3.05, 3.63) is 71.5 Å². The monoisotopic (exact) mass is 560 g/mol. The van der Waals surface area contributed by atoms with E-state index in [0.717, 1.165) is 48.4 Å². The highest BCUT2D eigenvalue weighted by Gasteiger charge is 2.17. The molecule has 2 aromatic carbocycles. The van der Waals surface area contributed by atoms with E-state index in [0.29, 0.717) is 42.0 Å². The van der Waals surface area contributed by atoms with E-state index in [-0.39, 0.29) is 5.91 Å². The van der Waals surface area contributed by atoms with Crippen LogP contribution in [-0.2, 0) is 11.3 Å². The number of fused-ring (bicyclic) bond motifs is 2. The lowest BCUT2D eigenvalue weighted by molar-refractivity contribution is -0.122. The van der Waals surface area contributed by atoms with Gasteiger partial charge in [0.05, 0.1) is 10.5 Å². The normalized spacial score (nSPS) is 14.1. The van der Waals surface area contributed by atoms with Crippen LogP contribution in [-0.4, -0.2) is 40.1 Å². The zero-order valence-electron chi connectivity index (χ0n) is 21.3. The van der Waals surface area contributed by atoms with E-state index in [1.165, 1.54) is 16.4 Å². The van der Waals surface area contributed by atoms with E-state index in [2.05, 4.69) is 41.9 Å². The van der Waals surface area contributed by atoms with Crippen molar-refractivity contribution in [2.75, 3.05) is 25.0 Å². The molecule has 10 heteroatoms. The first-order chi connectivity index (χ1) is 19.1. The van der Waals surface area contributed by atoms with Crippen LogP contribution in [0.5, 0.6) is 11.5 Å². The van der Waals surface area contributed by atoms with Gasteiger partial charge in [-0.1, -0.05) is 11.6 Å². The summed E-state index contributed by atoms with van der Waals surface area (Å²) in [6.07, 6.45) is 6.22. The van der Waals surface area contributed by atoms with Crippen LogP contribution in [0.3, 0.4) is 0 Å². The third-order valence-corrected chi connectivity index (χ3v) is 8.18. The first-order valence-corrected chi connectivity index (χ1v) is 14.4. The molecule has 1 aliphatic rings. The summed E-state index contributed by atoms with van der Waals surface area (Å²) in [7, 11) is 0. The van der Waals surface area contributed by atoms with Crippen LogP contribution in [0, 0.1) is 5.92 Å². The number of hydrogen-bond acceptors (Lipinski definition) is 7. The molecule has 4 heterocycles. The van der Waals surface area contributed by atoms with Crippen molar-refractivity contribution in [1.29, 1.82) is 0 Å². The molecule has 1 saturated heterocycles. The van der Waals surface area contributed by atoms with E-state index < -0.39 is 0 Å². The summed E-state index contributed by atoms with van der Waals surface area (Å²) in [6.45, 7) is 3.15. The molecule has 6 rings (SSSR count). The standard InChI is InChI=1S/C29H29ClN6O2S/c30-23-16-21(2-4-25(23)38-22-3-1-20-8-14-39-26(20)17-22)35-29-28-24(33-18-34-29)7-12-36(28)13-11-32-27(37)15-19-5-9-31-10-6-19/h1-4,7-8,12,14,16-19,31H,5-6,9-11,13,15H2,(H,32,37)(H,33,34,35). The number of rotatable bonds is 9. The molecule has 200 valence electrons. The smallest absolute Gasteiger partial charge is 0.220 e. The van der Waals surface area contributed by atoms with E-state index in [1.54, 1.807) is 11.3 Å². The minimum atomic E-state index is 0.111. The predicted octanol–water partition coefficient (Wildman–Crippen LogP) is 6.34. The molecule has 8 nitrogen and oxygen atoms in total. The van der Waals surface area contributed by atoms with Gasteiger partial charge in [0, 0.05) is 36.1 Å². The number of amides is 1. The van der Waals surface area contributed by atoms with Crippen LogP contribution in [0.15, 0.2) is 66.4 Å². The van der Waals surface area contributed by atoms with Crippen molar-refractivity contribution in [3.63, 3.8) is 0 Å². The Bertz CT molecular complexity index is 1610. The number of aromatic nitrogens is 3. The number of thiophene rings is 1. The fourth-order valence-electron chi connectivity index (χ4n) is 4.97. The van der Waals surface area contributed by atoms with E-state index >= 15 is 0 Å². The minimum Gasteiger partial charge on any atom is -0.456 e. The Morgan fingerprint density at radius 3 is 2.90 bits per heavy atom. The lowest BCUT2D eigenvalue weighted by Crippen LogP contribution is -2.33. The van der Waals surface area contributed by atoms with E-state index in [4.69, 9.17) is 16.3 Å². The molecule has 1 amide bonds. The summed E-state index contributed by atoms with van der Waals surface area (Å²) >= 11 is 8.27. The Hall–Kier alpha value is -3.66. The van der Waals surface area contributed by atoms with Crippen LogP contribution in [0.2, 0.25) is 5.02 Å². The fourth-order valence-corrected chi connectivity index (χ4v) is 6.01. The van der Waals surface area contributed by atoms with Gasteiger partial charge in [0.1, 0.15) is 23.3 Å². The second kappa shape index (κ2) is 11.6. The number of halogens is 1. The van der Waals surface area contributed by atoms with Gasteiger partial charge < -0.3 is 25.3 Å². The van der Waals surface area contributed by atoms with Crippen molar-refractivity contribution in [2.24, 2.45) is 5.92 Å². The fraction of sp³-hybridized carbons (Fsp3) is 0.276. The van der Waals surface area contributed by atoms with Gasteiger partial charge in [-0.05, 0) is 91.1 Å². The zero-order valence-corrected chi connectivity index (χ0v) is 22.9. The Morgan fingerprint density at radius 2 is 2.03 bits per heavy atom. The average molecular weight is 561 g/mol. The van der Waals surface area contributed by atoms with Gasteiger partial charge in [-0.3, -0.25) is 4.79 Å². The van der Waals surface area contributed by atoms with Crippen molar-refractivity contribution < 1.29 is 9.53 Å². The highest BCUT2D eigenvalue weighted by atomic mass is 35.5. The second-order valence-electron chi connectivity index (χ2n) is 9.71. The third kappa shape index (κ3) is 6.00. The largest absolute Gasteiger partial charge is 0.456 e. The maximum atomic E-state index is 12.4. The highest BCUT2D eigenvalue weighted by Crippen LogP contribution is 2.35. The van der Waals surface area contributed by atoms with Crippen LogP contribution < -0.4 is 20.7 Å². The van der Waals surface area contributed by atoms with Crippen LogP contribution >= 0.6 is 22.9 Å². The second-order valence-corrected chi connectivity index (χ2v) is 11.1. The molecular formula is C29H29ClN6O2S. The molecule has 3 N–H and O–H groups in total. The van der Waals surface area contributed by atoms with Crippen molar-refractivity contribution >= 4 is 61.5 Å².